The zero-order chi connectivity index (χ0) is 27.5. The van der Waals surface area contributed by atoms with Crippen LogP contribution in [0, 0.1) is 12.8 Å². The summed E-state index contributed by atoms with van der Waals surface area (Å²) in [6.07, 6.45) is 19.7. The molecule has 4 aromatic heterocycles. The molecule has 0 radical (unpaired) electrons. The van der Waals surface area contributed by atoms with E-state index >= 15 is 0 Å². The lowest BCUT2D eigenvalue weighted by atomic mass is 9.87. The number of aryl methyl sites for hydroxylation is 1. The summed E-state index contributed by atoms with van der Waals surface area (Å²) in [5.41, 5.74) is 10.2. The second-order valence-corrected chi connectivity index (χ2v) is 11.2. The molecule has 1 saturated carbocycles. The predicted molar refractivity (Wildman–Crippen MR) is 165 cm³/mol. The molecule has 6 rings (SSSR count). The van der Waals surface area contributed by atoms with Gasteiger partial charge in [-0.3, -0.25) is 10.1 Å². The van der Waals surface area contributed by atoms with Crippen LogP contribution in [0.25, 0.3) is 39.2 Å². The number of rotatable bonds is 8. The van der Waals surface area contributed by atoms with E-state index in [-0.39, 0.29) is 0 Å². The Morgan fingerprint density at radius 2 is 1.77 bits per heavy atom. The maximum atomic E-state index is 4.68. The fourth-order valence-electron chi connectivity index (χ4n) is 6.24. The van der Waals surface area contributed by atoms with Crippen molar-refractivity contribution < 1.29 is 0 Å². The van der Waals surface area contributed by atoms with Gasteiger partial charge in [0.25, 0.3) is 0 Å². The van der Waals surface area contributed by atoms with Gasteiger partial charge in [-0.05, 0) is 69.2 Å². The lowest BCUT2D eigenvalue weighted by Crippen LogP contribution is -2.28. The molecule has 1 saturated heterocycles. The quantitative estimate of drug-likeness (QED) is 0.201. The van der Waals surface area contributed by atoms with Crippen LogP contribution < -0.4 is 5.32 Å². The fraction of sp³-hybridized carbons (Fsp3) is 0.364. The molecule has 0 unspecified atom stereocenters. The first-order valence-electron chi connectivity index (χ1n) is 14.6. The molecule has 40 heavy (non-hydrogen) atoms. The second-order valence-electron chi connectivity index (χ2n) is 11.2. The number of allylic oxidation sites excluding steroid dienone is 3. The molecule has 0 amide bonds. The highest BCUT2D eigenvalue weighted by molar-refractivity contribution is 5.93. The number of piperidine rings is 1. The lowest BCUT2D eigenvalue weighted by molar-refractivity contribution is 0.326. The van der Waals surface area contributed by atoms with E-state index in [1.54, 1.807) is 0 Å². The average Bonchev–Trinajstić information content (AvgIpc) is 3.59. The number of nitrogens with zero attached hydrogens (tertiary/aromatic N) is 4. The molecule has 2 aliphatic rings. The van der Waals surface area contributed by atoms with Gasteiger partial charge in [-0.15, -0.1) is 0 Å². The van der Waals surface area contributed by atoms with Crippen LogP contribution in [0.15, 0.2) is 67.8 Å². The number of hydrogen-bond acceptors (Lipinski definition) is 5. The van der Waals surface area contributed by atoms with Crippen molar-refractivity contribution in [2.75, 3.05) is 18.4 Å². The maximum absolute atomic E-state index is 4.68. The Kier molecular flexibility index (Phi) is 7.53. The number of hydrogen-bond donors (Lipinski definition) is 3. The third-order valence-electron chi connectivity index (χ3n) is 8.42. The number of nitrogens with one attached hydrogen (secondary N) is 3. The number of H-pyrrole nitrogens is 2. The molecule has 2 fully saturated rings. The van der Waals surface area contributed by atoms with Crippen LogP contribution in [0.3, 0.4) is 0 Å². The van der Waals surface area contributed by atoms with E-state index in [1.165, 1.54) is 62.6 Å². The van der Waals surface area contributed by atoms with Crippen LogP contribution >= 0.6 is 0 Å². The summed E-state index contributed by atoms with van der Waals surface area (Å²) in [6, 6.07) is 6.51. The van der Waals surface area contributed by atoms with Crippen LogP contribution in [0.2, 0.25) is 0 Å². The van der Waals surface area contributed by atoms with Gasteiger partial charge < -0.3 is 15.2 Å². The standard InChI is InChI=1S/C33H39N7/c1-4-11-31(40-14-9-6-10-15-40)28-18-30(37-23(28)3)32-29-17-26(20-35-33(29)39-38-32)25-16-27(21-34-19-25)36-22(2)24-12-7-5-8-13-24/h4,11,16-21,24,36-37H,1-2,5-10,12-15H2,3H3,(H,35,38,39)/b31-11+. The molecule has 0 bridgehead atoms. The highest BCUT2D eigenvalue weighted by Crippen LogP contribution is 2.34. The summed E-state index contributed by atoms with van der Waals surface area (Å²) in [4.78, 5) is 15.3. The van der Waals surface area contributed by atoms with Crippen molar-refractivity contribution in [2.45, 2.75) is 58.3 Å². The van der Waals surface area contributed by atoms with Gasteiger partial charge in [0.05, 0.1) is 23.3 Å². The predicted octanol–water partition coefficient (Wildman–Crippen LogP) is 7.84. The van der Waals surface area contributed by atoms with E-state index in [0.717, 1.165) is 58.1 Å². The zero-order valence-electron chi connectivity index (χ0n) is 23.5. The molecule has 1 aliphatic heterocycles. The molecule has 7 nitrogen and oxygen atoms in total. The Morgan fingerprint density at radius 1 is 1.00 bits per heavy atom. The van der Waals surface area contributed by atoms with Gasteiger partial charge in [-0.25, -0.2) is 4.98 Å². The number of likely N-dealkylation sites (tertiary alicyclic amines) is 1. The molecule has 5 heterocycles. The highest BCUT2D eigenvalue weighted by atomic mass is 15.2. The molecule has 0 aromatic carbocycles. The van der Waals surface area contributed by atoms with Crippen LogP contribution in [0.5, 0.6) is 0 Å². The van der Waals surface area contributed by atoms with Gasteiger partial charge in [0.1, 0.15) is 0 Å². The minimum absolute atomic E-state index is 0.537. The molecular weight excluding hydrogens is 494 g/mol. The summed E-state index contributed by atoms with van der Waals surface area (Å²) in [5, 5.41) is 12.3. The summed E-state index contributed by atoms with van der Waals surface area (Å²) >= 11 is 0. The maximum Gasteiger partial charge on any atom is 0.181 e. The average molecular weight is 534 g/mol. The van der Waals surface area contributed by atoms with E-state index in [9.17, 15) is 0 Å². The van der Waals surface area contributed by atoms with Crippen LogP contribution in [0.1, 0.15) is 62.6 Å². The molecule has 4 aromatic rings. The Balaban J connectivity index is 1.29. The Bertz CT molecular complexity index is 1540. The SMILES string of the molecule is C=C/C=C(\c1cc(-c2[nH]nc3ncc(-c4cncc(NC(=C)C5CCCCC5)c4)cc23)[nH]c1C)N1CCCCC1. The summed E-state index contributed by atoms with van der Waals surface area (Å²) in [6.45, 7) is 12.6. The smallest absolute Gasteiger partial charge is 0.181 e. The van der Waals surface area contributed by atoms with E-state index < -0.39 is 0 Å². The van der Waals surface area contributed by atoms with Crippen LogP contribution in [0.4, 0.5) is 5.69 Å². The fourth-order valence-corrected chi connectivity index (χ4v) is 6.24. The van der Waals surface area contributed by atoms with Gasteiger partial charge in [0.15, 0.2) is 5.65 Å². The van der Waals surface area contributed by atoms with Gasteiger partial charge in [0.2, 0.25) is 0 Å². The normalized spacial score (nSPS) is 16.8. The van der Waals surface area contributed by atoms with Crippen molar-refractivity contribution >= 4 is 22.4 Å². The van der Waals surface area contributed by atoms with Gasteiger partial charge in [-0.1, -0.05) is 38.5 Å². The minimum Gasteiger partial charge on any atom is -0.371 e. The largest absolute Gasteiger partial charge is 0.371 e. The van der Waals surface area contributed by atoms with E-state index in [2.05, 4.69) is 79.7 Å². The van der Waals surface area contributed by atoms with Crippen molar-refractivity contribution in [3.8, 4) is 22.5 Å². The molecule has 206 valence electrons. The Morgan fingerprint density at radius 3 is 2.58 bits per heavy atom. The molecule has 1 aliphatic carbocycles. The monoisotopic (exact) mass is 533 g/mol. The minimum atomic E-state index is 0.537. The molecular formula is C33H39N7. The molecule has 0 atom stereocenters. The molecule has 3 N–H and O–H groups in total. The first-order chi connectivity index (χ1) is 19.6. The summed E-state index contributed by atoms with van der Waals surface area (Å²) < 4.78 is 0. The van der Waals surface area contributed by atoms with Crippen LogP contribution in [-0.2, 0) is 0 Å². The Hall–Kier alpha value is -4.13. The first kappa shape index (κ1) is 26.1. The van der Waals surface area contributed by atoms with Gasteiger partial charge in [0, 0.05) is 64.6 Å². The van der Waals surface area contributed by atoms with E-state index in [1.807, 2.05) is 24.7 Å². The van der Waals surface area contributed by atoms with E-state index in [4.69, 9.17) is 0 Å². The highest BCUT2D eigenvalue weighted by Gasteiger charge is 2.21. The number of anilines is 1. The summed E-state index contributed by atoms with van der Waals surface area (Å²) in [5.74, 6) is 0.537. The Labute approximate surface area is 236 Å². The zero-order valence-corrected chi connectivity index (χ0v) is 23.5. The van der Waals surface area contributed by atoms with Crippen molar-refractivity contribution in [3.05, 3.63) is 79.1 Å². The van der Waals surface area contributed by atoms with Crippen molar-refractivity contribution in [1.29, 1.82) is 0 Å². The molecule has 0 spiro atoms. The topological polar surface area (TPSA) is 85.5 Å². The number of fused-ring (bicyclic) bond motifs is 1. The summed E-state index contributed by atoms with van der Waals surface area (Å²) in [7, 11) is 0. The van der Waals surface area contributed by atoms with Crippen LogP contribution in [-0.4, -0.2) is 43.1 Å². The first-order valence-corrected chi connectivity index (χ1v) is 14.6. The molecule has 7 heteroatoms. The van der Waals surface area contributed by atoms with Gasteiger partial charge in [-0.2, -0.15) is 5.10 Å². The van der Waals surface area contributed by atoms with Crippen molar-refractivity contribution in [2.24, 2.45) is 5.92 Å². The van der Waals surface area contributed by atoms with Crippen molar-refractivity contribution in [3.63, 3.8) is 0 Å². The second kappa shape index (κ2) is 11.5. The number of pyridine rings is 2. The van der Waals surface area contributed by atoms with Gasteiger partial charge >= 0.3 is 0 Å². The third kappa shape index (κ3) is 5.33. The third-order valence-corrected chi connectivity index (χ3v) is 8.42. The number of aromatic amines is 2. The number of aromatic nitrogens is 5. The van der Waals surface area contributed by atoms with Crippen molar-refractivity contribution in [1.82, 2.24) is 30.0 Å². The van der Waals surface area contributed by atoms with E-state index in [0.29, 0.717) is 11.6 Å². The lowest BCUT2D eigenvalue weighted by Gasteiger charge is -2.31.